The van der Waals surface area contributed by atoms with Gasteiger partial charge in [0.05, 0.1) is 25.8 Å². The van der Waals surface area contributed by atoms with Crippen molar-refractivity contribution in [3.63, 3.8) is 0 Å². The van der Waals surface area contributed by atoms with Crippen LogP contribution in [0.15, 0.2) is 59.6 Å². The Bertz CT molecular complexity index is 1130. The van der Waals surface area contributed by atoms with Gasteiger partial charge in [0.2, 0.25) is 11.7 Å². The number of benzene rings is 2. The van der Waals surface area contributed by atoms with Gasteiger partial charge in [-0.2, -0.15) is 0 Å². The smallest absolute Gasteiger partial charge is 0.217 e. The van der Waals surface area contributed by atoms with E-state index in [1.54, 1.807) is 7.11 Å². The average Bonchev–Trinajstić information content (AvgIpc) is 3.18. The third kappa shape index (κ3) is 2.86. The number of carbonyl (C=O) groups is 1. The number of hydrogen-bond donors (Lipinski definition) is 0. The first-order chi connectivity index (χ1) is 15.8. The monoisotopic (exact) mass is 448 g/mol. The Morgan fingerprint density at radius 2 is 1.82 bits per heavy atom. The van der Waals surface area contributed by atoms with E-state index < -0.39 is 23.0 Å². The highest BCUT2D eigenvalue weighted by molar-refractivity contribution is 6.08. The molecule has 2 saturated heterocycles. The first-order valence-corrected chi connectivity index (χ1v) is 11.4. The maximum atomic E-state index is 14.1. The fraction of sp³-hybridized carbons (Fsp3) is 0.462. The van der Waals surface area contributed by atoms with Gasteiger partial charge in [0.15, 0.2) is 16.9 Å². The molecular formula is C26H28N2O5. The number of ether oxygens (including phenoxy) is 4. The van der Waals surface area contributed by atoms with Crippen molar-refractivity contribution in [2.75, 3.05) is 13.7 Å². The molecule has 6 atom stereocenters. The molecule has 172 valence electrons. The quantitative estimate of drug-likeness (QED) is 0.670. The first-order valence-electron chi connectivity index (χ1n) is 11.4. The van der Waals surface area contributed by atoms with Crippen molar-refractivity contribution in [2.45, 2.75) is 62.4 Å². The molecule has 33 heavy (non-hydrogen) atoms. The Labute approximate surface area is 193 Å². The molecule has 0 N–H and O–H groups in total. The minimum atomic E-state index is -1.05. The van der Waals surface area contributed by atoms with Crippen LogP contribution in [0.4, 0.5) is 0 Å². The van der Waals surface area contributed by atoms with Gasteiger partial charge in [-0.25, -0.2) is 4.99 Å². The maximum Gasteiger partial charge on any atom is 0.217 e. The van der Waals surface area contributed by atoms with Gasteiger partial charge in [-0.15, -0.1) is 0 Å². The molecule has 0 bridgehead atoms. The average molecular weight is 449 g/mol. The van der Waals surface area contributed by atoms with Crippen LogP contribution in [0, 0.1) is 0 Å². The van der Waals surface area contributed by atoms with Gasteiger partial charge >= 0.3 is 0 Å². The van der Waals surface area contributed by atoms with Crippen molar-refractivity contribution in [3.8, 4) is 5.75 Å². The third-order valence-corrected chi connectivity index (χ3v) is 7.40. The molecule has 0 amide bonds. The van der Waals surface area contributed by atoms with Crippen molar-refractivity contribution in [1.82, 2.24) is 4.90 Å². The van der Waals surface area contributed by atoms with Crippen LogP contribution in [-0.4, -0.2) is 65.4 Å². The number of carbonyl (C=O) groups excluding carboxylic acids is 1. The minimum Gasteiger partial charge on any atom is -0.497 e. The van der Waals surface area contributed by atoms with Gasteiger partial charge in [0.25, 0.3) is 0 Å². The highest BCUT2D eigenvalue weighted by atomic mass is 16.8. The highest BCUT2D eigenvalue weighted by Gasteiger charge is 2.85. The highest BCUT2D eigenvalue weighted by Crippen LogP contribution is 2.61. The van der Waals surface area contributed by atoms with Crippen LogP contribution in [0.3, 0.4) is 0 Å². The van der Waals surface area contributed by atoms with Crippen molar-refractivity contribution in [2.24, 2.45) is 4.99 Å². The lowest BCUT2D eigenvalue weighted by atomic mass is 9.85. The fourth-order valence-electron chi connectivity index (χ4n) is 5.87. The van der Waals surface area contributed by atoms with Crippen molar-refractivity contribution in [3.05, 3.63) is 65.7 Å². The molecule has 7 nitrogen and oxygen atoms in total. The summed E-state index contributed by atoms with van der Waals surface area (Å²) in [5, 5.41) is 0. The Kier molecular flexibility index (Phi) is 4.35. The van der Waals surface area contributed by atoms with Crippen molar-refractivity contribution in [1.29, 1.82) is 0 Å². The molecule has 1 aliphatic carbocycles. The van der Waals surface area contributed by atoms with Crippen molar-refractivity contribution >= 4 is 11.7 Å². The second-order valence-corrected chi connectivity index (χ2v) is 9.79. The SMILES string of the molecule is COc1ccc(CN2C3[C@@H]2[C@]2(COC(C)(C)O2)C(=O)[C@@]32N=C(c3ccccc3)OC2C)cc1. The van der Waals surface area contributed by atoms with Gasteiger partial charge < -0.3 is 18.9 Å². The second-order valence-electron chi connectivity index (χ2n) is 9.79. The van der Waals surface area contributed by atoms with Gasteiger partial charge in [-0.05, 0) is 50.6 Å². The van der Waals surface area contributed by atoms with Crippen LogP contribution >= 0.6 is 0 Å². The first kappa shape index (κ1) is 20.8. The number of likely N-dealkylation sites (tertiary alicyclic amines) is 1. The van der Waals surface area contributed by atoms with Gasteiger partial charge in [0.1, 0.15) is 11.9 Å². The van der Waals surface area contributed by atoms with Crippen molar-refractivity contribution < 1.29 is 23.7 Å². The largest absolute Gasteiger partial charge is 0.497 e. The van der Waals surface area contributed by atoms with Gasteiger partial charge in [0, 0.05) is 12.1 Å². The van der Waals surface area contributed by atoms with E-state index in [0.29, 0.717) is 12.4 Å². The lowest BCUT2D eigenvalue weighted by Crippen LogP contribution is -2.58. The number of nitrogens with zero attached hydrogens (tertiary/aromatic N) is 2. The van der Waals surface area contributed by atoms with Crippen LogP contribution < -0.4 is 4.74 Å². The number of rotatable bonds is 4. The molecule has 0 aromatic heterocycles. The van der Waals surface area contributed by atoms with E-state index in [1.165, 1.54) is 0 Å². The summed E-state index contributed by atoms with van der Waals surface area (Å²) in [6, 6.07) is 17.5. The van der Waals surface area contributed by atoms with E-state index >= 15 is 0 Å². The molecule has 4 aliphatic rings. The Balaban J connectivity index is 1.40. The third-order valence-electron chi connectivity index (χ3n) is 7.40. The van der Waals surface area contributed by atoms with E-state index in [2.05, 4.69) is 17.0 Å². The molecule has 0 radical (unpaired) electrons. The molecular weight excluding hydrogens is 420 g/mol. The summed E-state index contributed by atoms with van der Waals surface area (Å²) in [6.07, 6.45) is -0.403. The topological polar surface area (TPSA) is 69.4 Å². The molecule has 3 fully saturated rings. The minimum absolute atomic E-state index is 0.0278. The summed E-state index contributed by atoms with van der Waals surface area (Å²) in [5.74, 6) is 0.480. The number of fused-ring (bicyclic) bond motifs is 3. The molecule has 2 aromatic rings. The molecule has 2 spiro atoms. The summed E-state index contributed by atoms with van der Waals surface area (Å²) in [5.41, 5.74) is -0.0576. The normalized spacial score (nSPS) is 37.8. The molecule has 1 saturated carbocycles. The van der Waals surface area contributed by atoms with Crippen LogP contribution in [0.5, 0.6) is 5.75 Å². The molecule has 3 unspecified atom stereocenters. The Morgan fingerprint density at radius 1 is 1.09 bits per heavy atom. The number of Topliss-reactive ketones (excluding diaryl/α,β-unsaturated/α-hetero) is 1. The van der Waals surface area contributed by atoms with Crippen LogP contribution in [-0.2, 0) is 25.5 Å². The van der Waals surface area contributed by atoms with E-state index in [0.717, 1.165) is 16.9 Å². The Morgan fingerprint density at radius 3 is 2.45 bits per heavy atom. The van der Waals surface area contributed by atoms with E-state index in [4.69, 9.17) is 23.9 Å². The van der Waals surface area contributed by atoms with E-state index in [-0.39, 0.29) is 24.5 Å². The molecule has 3 aliphatic heterocycles. The zero-order valence-electron chi connectivity index (χ0n) is 19.3. The number of methoxy groups -OCH3 is 1. The summed E-state index contributed by atoms with van der Waals surface area (Å²) in [7, 11) is 1.66. The standard InChI is InChI=1S/C26H28N2O5/c1-16-26(27-22(32-16)18-8-6-5-7-9-18)21-20(25(23(26)29)15-31-24(2,3)33-25)28(21)14-17-10-12-19(30-4)13-11-17/h5-13,16,20-21H,14-15H2,1-4H3/t16?,20-,21?,25-,26+,28?/m1/s1. The lowest BCUT2D eigenvalue weighted by molar-refractivity contribution is -0.175. The second kappa shape index (κ2) is 6.88. The maximum absolute atomic E-state index is 14.1. The van der Waals surface area contributed by atoms with Gasteiger partial charge in [-0.1, -0.05) is 30.3 Å². The predicted molar refractivity (Wildman–Crippen MR) is 121 cm³/mol. The zero-order chi connectivity index (χ0) is 23.0. The van der Waals surface area contributed by atoms with Crippen LogP contribution in [0.1, 0.15) is 31.9 Å². The lowest BCUT2D eigenvalue weighted by Gasteiger charge is -2.33. The molecule has 7 heteroatoms. The number of ketones is 1. The summed E-state index contributed by atoms with van der Waals surface area (Å²) in [6.45, 7) is 6.57. The summed E-state index contributed by atoms with van der Waals surface area (Å²) < 4.78 is 23.9. The summed E-state index contributed by atoms with van der Waals surface area (Å²) >= 11 is 0. The molecule has 6 rings (SSSR count). The Hall–Kier alpha value is -2.74. The summed E-state index contributed by atoms with van der Waals surface area (Å²) in [4.78, 5) is 21.4. The van der Waals surface area contributed by atoms with Crippen LogP contribution in [0.25, 0.3) is 0 Å². The molecule has 2 aromatic carbocycles. The van der Waals surface area contributed by atoms with Gasteiger partial charge in [-0.3, -0.25) is 9.69 Å². The molecule has 3 heterocycles. The number of aliphatic imine (C=N–C) groups is 1. The van der Waals surface area contributed by atoms with Crippen LogP contribution in [0.2, 0.25) is 0 Å². The number of piperidine rings is 1. The zero-order valence-corrected chi connectivity index (χ0v) is 19.3. The fourth-order valence-corrected chi connectivity index (χ4v) is 5.87. The van der Waals surface area contributed by atoms with E-state index in [9.17, 15) is 4.79 Å². The number of hydrogen-bond acceptors (Lipinski definition) is 7. The van der Waals surface area contributed by atoms with E-state index in [1.807, 2.05) is 63.2 Å². The predicted octanol–water partition coefficient (Wildman–Crippen LogP) is 2.96.